The molecule has 31 heavy (non-hydrogen) atoms. The van der Waals surface area contributed by atoms with Gasteiger partial charge in [0.05, 0.1) is 0 Å². The third kappa shape index (κ3) is 7.07. The Hall–Kier alpha value is -0.334. The van der Waals surface area contributed by atoms with Crippen molar-refractivity contribution >= 4 is 42.8 Å². The van der Waals surface area contributed by atoms with Crippen molar-refractivity contribution in [3.63, 3.8) is 0 Å². The molecule has 0 saturated carbocycles. The van der Waals surface area contributed by atoms with Gasteiger partial charge < -0.3 is 0 Å². The van der Waals surface area contributed by atoms with Gasteiger partial charge in [0.2, 0.25) is 0 Å². The molecule has 0 aliphatic carbocycles. The van der Waals surface area contributed by atoms with Crippen LogP contribution in [0.1, 0.15) is 99.5 Å². The Labute approximate surface area is 198 Å². The van der Waals surface area contributed by atoms with Gasteiger partial charge in [0.15, 0.2) is 0 Å². The van der Waals surface area contributed by atoms with Crippen molar-refractivity contribution in [3.8, 4) is 0 Å². The first-order valence-corrected chi connectivity index (χ1v) is 20.9. The SMILES string of the molecule is CCC[CH2][Sn]([CH2]CCC)([CH2]CCC)[c]1[nH]nc2c(C(C)(C)O[Si]C(C)(C)C)cccc12. The van der Waals surface area contributed by atoms with E-state index in [1.165, 1.54) is 62.8 Å². The molecule has 0 aliphatic rings. The molecular weight excluding hydrogens is 503 g/mol. The number of H-pyrrole nitrogens is 1. The molecule has 1 aromatic heterocycles. The molecular formula is C26H46N2OSiSn. The standard InChI is InChI=1S/C14H19N2OSi.3C4H9.Sn/c1-13(2,3)18-17-14(4,5)11-8-6-7-10-9-15-16-12(10)11;3*1-3-4-2;/h6-8H,1-5H3,(H,15,16);3*1,3-4H2,2H3;. The minimum absolute atomic E-state index is 0.175. The molecule has 174 valence electrons. The van der Waals surface area contributed by atoms with Crippen LogP contribution in [0.5, 0.6) is 0 Å². The van der Waals surface area contributed by atoms with Crippen LogP contribution in [0.25, 0.3) is 10.9 Å². The zero-order valence-corrected chi connectivity index (χ0v) is 25.3. The number of fused-ring (bicyclic) bond motifs is 1. The normalized spacial score (nSPS) is 13.3. The van der Waals surface area contributed by atoms with Crippen LogP contribution in [0.15, 0.2) is 18.2 Å². The van der Waals surface area contributed by atoms with Crippen LogP contribution >= 0.6 is 0 Å². The molecule has 3 nitrogen and oxygen atoms in total. The van der Waals surface area contributed by atoms with Crippen LogP contribution in [-0.2, 0) is 10.0 Å². The van der Waals surface area contributed by atoms with Gasteiger partial charge in [-0.05, 0) is 0 Å². The fraction of sp³-hybridized carbons (Fsp3) is 0.731. The Morgan fingerprint density at radius 2 is 1.45 bits per heavy atom. The maximum atomic E-state index is 6.47. The zero-order chi connectivity index (χ0) is 23.1. The van der Waals surface area contributed by atoms with E-state index in [0.717, 1.165) is 5.52 Å². The van der Waals surface area contributed by atoms with Gasteiger partial charge in [0, 0.05) is 0 Å². The summed E-state index contributed by atoms with van der Waals surface area (Å²) in [5, 5.41) is 10.2. The molecule has 2 aromatic rings. The summed E-state index contributed by atoms with van der Waals surface area (Å²) in [6, 6.07) is 6.79. The predicted octanol–water partition coefficient (Wildman–Crippen LogP) is 7.71. The molecule has 1 heterocycles. The number of benzene rings is 1. The first-order chi connectivity index (χ1) is 14.6. The number of para-hydroxylation sites is 1. The topological polar surface area (TPSA) is 37.9 Å². The summed E-state index contributed by atoms with van der Waals surface area (Å²) < 4.78 is 12.4. The van der Waals surface area contributed by atoms with Crippen molar-refractivity contribution in [1.82, 2.24) is 10.2 Å². The van der Waals surface area contributed by atoms with E-state index >= 15 is 0 Å². The predicted molar refractivity (Wildman–Crippen MR) is 140 cm³/mol. The van der Waals surface area contributed by atoms with Crippen LogP contribution in [0, 0.1) is 0 Å². The van der Waals surface area contributed by atoms with Gasteiger partial charge in [0.1, 0.15) is 0 Å². The number of aromatic amines is 1. The van der Waals surface area contributed by atoms with Crippen molar-refractivity contribution in [2.45, 2.75) is 118 Å². The van der Waals surface area contributed by atoms with E-state index in [9.17, 15) is 0 Å². The Balaban J connectivity index is 2.54. The Bertz CT molecular complexity index is 788. The summed E-state index contributed by atoms with van der Waals surface area (Å²) in [5.74, 6) is 0. The van der Waals surface area contributed by atoms with E-state index in [4.69, 9.17) is 9.52 Å². The molecule has 0 atom stereocenters. The maximum absolute atomic E-state index is 6.47. The zero-order valence-electron chi connectivity index (χ0n) is 21.5. The molecule has 0 spiro atoms. The Morgan fingerprint density at radius 3 is 1.94 bits per heavy atom. The number of rotatable bonds is 13. The molecule has 2 radical (unpaired) electrons. The van der Waals surface area contributed by atoms with Crippen LogP contribution in [0.3, 0.4) is 0 Å². The van der Waals surface area contributed by atoms with Crippen LogP contribution in [0.4, 0.5) is 0 Å². The van der Waals surface area contributed by atoms with E-state index < -0.39 is 18.4 Å². The molecule has 0 fully saturated rings. The van der Waals surface area contributed by atoms with Gasteiger partial charge in [-0.25, -0.2) is 0 Å². The minimum atomic E-state index is -2.57. The quantitative estimate of drug-likeness (QED) is 0.260. The summed E-state index contributed by atoms with van der Waals surface area (Å²) in [5.41, 5.74) is 2.03. The fourth-order valence-corrected chi connectivity index (χ4v) is 21.4. The summed E-state index contributed by atoms with van der Waals surface area (Å²) in [7, 11) is 0.460. The fourth-order valence-electron chi connectivity index (χ4n) is 4.56. The molecule has 0 amide bonds. The molecule has 0 unspecified atom stereocenters. The van der Waals surface area contributed by atoms with E-state index in [-0.39, 0.29) is 10.6 Å². The molecule has 0 saturated heterocycles. The van der Waals surface area contributed by atoms with Gasteiger partial charge in [-0.3, -0.25) is 0 Å². The number of hydrogen-bond acceptors (Lipinski definition) is 2. The van der Waals surface area contributed by atoms with E-state index in [1.807, 2.05) is 0 Å². The van der Waals surface area contributed by atoms with Gasteiger partial charge in [0.25, 0.3) is 0 Å². The van der Waals surface area contributed by atoms with Crippen LogP contribution in [0.2, 0.25) is 18.3 Å². The Morgan fingerprint density at radius 1 is 0.903 bits per heavy atom. The van der Waals surface area contributed by atoms with Crippen molar-refractivity contribution < 1.29 is 4.43 Å². The number of aromatic nitrogens is 2. The van der Waals surface area contributed by atoms with Crippen LogP contribution < -0.4 is 3.71 Å². The first kappa shape index (κ1) is 26.9. The Kier molecular flexibility index (Phi) is 10.1. The second-order valence-corrected chi connectivity index (χ2v) is 25.8. The summed E-state index contributed by atoms with van der Waals surface area (Å²) >= 11 is -2.57. The third-order valence-electron chi connectivity index (χ3n) is 6.40. The van der Waals surface area contributed by atoms with E-state index in [1.54, 1.807) is 3.71 Å². The van der Waals surface area contributed by atoms with Gasteiger partial charge >= 0.3 is 199 Å². The van der Waals surface area contributed by atoms with Crippen molar-refractivity contribution in [2.75, 3.05) is 0 Å². The number of hydrogen-bond donors (Lipinski definition) is 1. The second-order valence-electron chi connectivity index (χ2n) is 10.9. The molecule has 1 aromatic carbocycles. The molecule has 0 bridgehead atoms. The average Bonchev–Trinajstić information content (AvgIpc) is 3.16. The summed E-state index contributed by atoms with van der Waals surface area (Å²) in [6.45, 7) is 18.2. The van der Waals surface area contributed by atoms with Crippen molar-refractivity contribution in [2.24, 2.45) is 0 Å². The van der Waals surface area contributed by atoms with Gasteiger partial charge in [-0.1, -0.05) is 0 Å². The average molecular weight is 549 g/mol. The van der Waals surface area contributed by atoms with E-state index in [0.29, 0.717) is 9.76 Å². The molecule has 5 heteroatoms. The molecule has 1 N–H and O–H groups in total. The molecule has 0 aliphatic heterocycles. The number of nitrogens with zero attached hydrogens (tertiary/aromatic N) is 1. The van der Waals surface area contributed by atoms with Gasteiger partial charge in [-0.2, -0.15) is 0 Å². The van der Waals surface area contributed by atoms with Crippen molar-refractivity contribution in [1.29, 1.82) is 0 Å². The third-order valence-corrected chi connectivity index (χ3v) is 23.0. The van der Waals surface area contributed by atoms with Crippen LogP contribution in [-0.4, -0.2) is 38.3 Å². The second kappa shape index (κ2) is 11.7. The monoisotopic (exact) mass is 550 g/mol. The summed E-state index contributed by atoms with van der Waals surface area (Å²) in [4.78, 5) is 0. The molecule has 2 rings (SSSR count). The van der Waals surface area contributed by atoms with Gasteiger partial charge in [-0.15, -0.1) is 0 Å². The first-order valence-electron chi connectivity index (χ1n) is 12.5. The van der Waals surface area contributed by atoms with Crippen molar-refractivity contribution in [3.05, 3.63) is 23.8 Å². The summed E-state index contributed by atoms with van der Waals surface area (Å²) in [6.07, 6.45) is 7.98. The van der Waals surface area contributed by atoms with E-state index in [2.05, 4.69) is 78.7 Å². The number of nitrogens with one attached hydrogen (secondary N) is 1. The number of unbranched alkanes of at least 4 members (excludes halogenated alkanes) is 3.